The van der Waals surface area contributed by atoms with E-state index in [1.165, 1.54) is 0 Å². The molecule has 1 aromatic carbocycles. The summed E-state index contributed by atoms with van der Waals surface area (Å²) in [6, 6.07) is 7.93. The minimum Gasteiger partial charge on any atom is -0.496 e. The molecule has 1 aliphatic heterocycles. The molecule has 1 heterocycles. The third kappa shape index (κ3) is 3.20. The van der Waals surface area contributed by atoms with Crippen LogP contribution in [0.25, 0.3) is 0 Å². The lowest BCUT2D eigenvalue weighted by Crippen LogP contribution is -2.35. The van der Waals surface area contributed by atoms with Crippen LogP contribution in [0.1, 0.15) is 18.4 Å². The molecule has 2 N–H and O–H groups in total. The third-order valence-corrected chi connectivity index (χ3v) is 3.55. The molecule has 1 saturated heterocycles. The minimum atomic E-state index is -0.256. The molecule has 1 unspecified atom stereocenters. The monoisotopic (exact) mass is 235 g/mol. The van der Waals surface area contributed by atoms with Crippen LogP contribution in [0.3, 0.4) is 0 Å². The minimum absolute atomic E-state index is 0.256. The van der Waals surface area contributed by atoms with E-state index in [0.29, 0.717) is 12.3 Å². The van der Waals surface area contributed by atoms with E-state index in [0.717, 1.165) is 37.2 Å². The SMILES string of the molecule is COc1ccccc1CC(O)C1CCNCC1. The van der Waals surface area contributed by atoms with E-state index in [4.69, 9.17) is 4.74 Å². The highest BCUT2D eigenvalue weighted by Crippen LogP contribution is 2.24. The van der Waals surface area contributed by atoms with Crippen molar-refractivity contribution >= 4 is 0 Å². The van der Waals surface area contributed by atoms with Crippen LogP contribution in [-0.4, -0.2) is 31.4 Å². The normalized spacial score (nSPS) is 18.9. The topological polar surface area (TPSA) is 41.5 Å². The zero-order chi connectivity index (χ0) is 12.1. The van der Waals surface area contributed by atoms with E-state index in [9.17, 15) is 5.11 Å². The number of benzene rings is 1. The maximum atomic E-state index is 10.3. The fraction of sp³-hybridized carbons (Fsp3) is 0.571. The van der Waals surface area contributed by atoms with Gasteiger partial charge < -0.3 is 15.2 Å². The average molecular weight is 235 g/mol. The van der Waals surface area contributed by atoms with Gasteiger partial charge in [-0.3, -0.25) is 0 Å². The molecule has 1 fully saturated rings. The number of methoxy groups -OCH3 is 1. The van der Waals surface area contributed by atoms with Crippen LogP contribution in [0.4, 0.5) is 0 Å². The molecule has 0 saturated carbocycles. The molecule has 0 radical (unpaired) electrons. The van der Waals surface area contributed by atoms with Crippen molar-refractivity contribution in [3.8, 4) is 5.75 Å². The van der Waals surface area contributed by atoms with Crippen molar-refractivity contribution in [2.24, 2.45) is 5.92 Å². The molecule has 3 heteroatoms. The Morgan fingerprint density at radius 2 is 2.06 bits per heavy atom. The van der Waals surface area contributed by atoms with Gasteiger partial charge in [0.2, 0.25) is 0 Å². The van der Waals surface area contributed by atoms with Gasteiger partial charge in [-0.2, -0.15) is 0 Å². The summed E-state index contributed by atoms with van der Waals surface area (Å²) in [4.78, 5) is 0. The summed E-state index contributed by atoms with van der Waals surface area (Å²) in [6.07, 6.45) is 2.56. The molecular weight excluding hydrogens is 214 g/mol. The second-order valence-corrected chi connectivity index (χ2v) is 4.67. The molecule has 0 bridgehead atoms. The maximum absolute atomic E-state index is 10.3. The lowest BCUT2D eigenvalue weighted by molar-refractivity contribution is 0.0885. The molecule has 3 nitrogen and oxygen atoms in total. The highest BCUT2D eigenvalue weighted by molar-refractivity contribution is 5.33. The van der Waals surface area contributed by atoms with Crippen molar-refractivity contribution in [3.63, 3.8) is 0 Å². The summed E-state index contributed by atoms with van der Waals surface area (Å²) in [5.41, 5.74) is 1.10. The lowest BCUT2D eigenvalue weighted by atomic mass is 9.88. The van der Waals surface area contributed by atoms with Crippen LogP contribution in [-0.2, 0) is 6.42 Å². The molecule has 2 rings (SSSR count). The zero-order valence-corrected chi connectivity index (χ0v) is 10.4. The van der Waals surface area contributed by atoms with Gasteiger partial charge >= 0.3 is 0 Å². The molecule has 0 aliphatic carbocycles. The molecular formula is C14H21NO2. The van der Waals surface area contributed by atoms with E-state index in [1.54, 1.807) is 7.11 Å². The van der Waals surface area contributed by atoms with Gasteiger partial charge in [0.25, 0.3) is 0 Å². The number of nitrogens with one attached hydrogen (secondary N) is 1. The summed E-state index contributed by atoms with van der Waals surface area (Å²) in [5, 5.41) is 13.6. The van der Waals surface area contributed by atoms with Gasteiger partial charge in [-0.1, -0.05) is 18.2 Å². The predicted octanol–water partition coefficient (Wildman–Crippen LogP) is 1.60. The number of aliphatic hydroxyl groups is 1. The van der Waals surface area contributed by atoms with Gasteiger partial charge in [-0.15, -0.1) is 0 Å². The first-order valence-electron chi connectivity index (χ1n) is 6.32. The second kappa shape index (κ2) is 6.03. The quantitative estimate of drug-likeness (QED) is 0.833. The van der Waals surface area contributed by atoms with Gasteiger partial charge in [0.15, 0.2) is 0 Å². The Hall–Kier alpha value is -1.06. The number of para-hydroxylation sites is 1. The number of hydrogen-bond donors (Lipinski definition) is 2. The first kappa shape index (κ1) is 12.4. The number of aliphatic hydroxyl groups excluding tert-OH is 1. The van der Waals surface area contributed by atoms with Crippen molar-refractivity contribution in [2.45, 2.75) is 25.4 Å². The Balaban J connectivity index is 1.99. The Kier molecular flexibility index (Phi) is 4.40. The Labute approximate surface area is 103 Å². The smallest absolute Gasteiger partial charge is 0.122 e. The highest BCUT2D eigenvalue weighted by Gasteiger charge is 2.22. The highest BCUT2D eigenvalue weighted by atomic mass is 16.5. The van der Waals surface area contributed by atoms with Gasteiger partial charge in [-0.05, 0) is 43.5 Å². The summed E-state index contributed by atoms with van der Waals surface area (Å²) >= 11 is 0. The molecule has 1 aromatic rings. The standard InChI is InChI=1S/C14H21NO2/c1-17-14-5-3-2-4-12(14)10-13(16)11-6-8-15-9-7-11/h2-5,11,13,15-16H,6-10H2,1H3. The summed E-state index contributed by atoms with van der Waals surface area (Å²) in [7, 11) is 1.68. The van der Waals surface area contributed by atoms with E-state index >= 15 is 0 Å². The molecule has 1 aliphatic rings. The first-order chi connectivity index (χ1) is 8.31. The van der Waals surface area contributed by atoms with Crippen LogP contribution in [0.5, 0.6) is 5.75 Å². The Morgan fingerprint density at radius 1 is 1.35 bits per heavy atom. The maximum Gasteiger partial charge on any atom is 0.122 e. The Bertz CT molecular complexity index is 348. The van der Waals surface area contributed by atoms with Crippen molar-refractivity contribution < 1.29 is 9.84 Å². The average Bonchev–Trinajstić information content (AvgIpc) is 2.40. The molecule has 0 amide bonds. The fourth-order valence-corrected chi connectivity index (χ4v) is 2.49. The number of rotatable bonds is 4. The third-order valence-electron chi connectivity index (χ3n) is 3.55. The summed E-state index contributed by atoms with van der Waals surface area (Å²) in [6.45, 7) is 2.04. The van der Waals surface area contributed by atoms with Gasteiger partial charge in [-0.25, -0.2) is 0 Å². The van der Waals surface area contributed by atoms with Crippen LogP contribution in [0.15, 0.2) is 24.3 Å². The summed E-state index contributed by atoms with van der Waals surface area (Å²) in [5.74, 6) is 1.29. The predicted molar refractivity (Wildman–Crippen MR) is 68.3 cm³/mol. The van der Waals surface area contributed by atoms with Crippen LogP contribution in [0, 0.1) is 5.92 Å². The van der Waals surface area contributed by atoms with E-state index < -0.39 is 0 Å². The number of piperidine rings is 1. The van der Waals surface area contributed by atoms with Gasteiger partial charge in [0.05, 0.1) is 13.2 Å². The van der Waals surface area contributed by atoms with Crippen LogP contribution >= 0.6 is 0 Å². The largest absolute Gasteiger partial charge is 0.496 e. The zero-order valence-electron chi connectivity index (χ0n) is 10.4. The number of hydrogen-bond acceptors (Lipinski definition) is 3. The molecule has 0 spiro atoms. The Morgan fingerprint density at radius 3 is 2.76 bits per heavy atom. The van der Waals surface area contributed by atoms with Gasteiger partial charge in [0, 0.05) is 6.42 Å². The van der Waals surface area contributed by atoms with Crippen LogP contribution < -0.4 is 10.1 Å². The molecule has 94 valence electrons. The van der Waals surface area contributed by atoms with Crippen molar-refractivity contribution in [3.05, 3.63) is 29.8 Å². The van der Waals surface area contributed by atoms with E-state index in [1.807, 2.05) is 24.3 Å². The first-order valence-corrected chi connectivity index (χ1v) is 6.32. The molecule has 1 atom stereocenters. The van der Waals surface area contributed by atoms with Crippen molar-refractivity contribution in [2.75, 3.05) is 20.2 Å². The fourth-order valence-electron chi connectivity index (χ4n) is 2.49. The molecule has 0 aromatic heterocycles. The van der Waals surface area contributed by atoms with Crippen molar-refractivity contribution in [1.82, 2.24) is 5.32 Å². The van der Waals surface area contributed by atoms with E-state index in [-0.39, 0.29) is 6.10 Å². The van der Waals surface area contributed by atoms with E-state index in [2.05, 4.69) is 5.32 Å². The van der Waals surface area contributed by atoms with Crippen LogP contribution in [0.2, 0.25) is 0 Å². The number of ether oxygens (including phenoxy) is 1. The second-order valence-electron chi connectivity index (χ2n) is 4.67. The van der Waals surface area contributed by atoms with Gasteiger partial charge in [0.1, 0.15) is 5.75 Å². The summed E-state index contributed by atoms with van der Waals surface area (Å²) < 4.78 is 5.31. The lowest BCUT2D eigenvalue weighted by Gasteiger charge is -2.27. The molecule has 17 heavy (non-hydrogen) atoms. The van der Waals surface area contributed by atoms with Crippen molar-refractivity contribution in [1.29, 1.82) is 0 Å².